The molecule has 1 amide bonds. The van der Waals surface area contributed by atoms with E-state index in [1.165, 1.54) is 0 Å². The Labute approximate surface area is 175 Å². The van der Waals surface area contributed by atoms with Crippen molar-refractivity contribution in [3.05, 3.63) is 51.4 Å². The van der Waals surface area contributed by atoms with Crippen molar-refractivity contribution in [1.82, 2.24) is 9.88 Å². The summed E-state index contributed by atoms with van der Waals surface area (Å²) in [5.41, 5.74) is 2.09. The number of aromatic nitrogens is 1. The molecule has 0 radical (unpaired) electrons. The number of anilines is 1. The summed E-state index contributed by atoms with van der Waals surface area (Å²) in [6.45, 7) is 6.42. The highest BCUT2D eigenvalue weighted by Crippen LogP contribution is 2.35. The molecular formula is C21H26ClN3O4. The van der Waals surface area contributed by atoms with Crippen molar-refractivity contribution in [2.24, 2.45) is 0 Å². The third kappa shape index (κ3) is 4.26. The molecule has 0 unspecified atom stereocenters. The lowest BCUT2D eigenvalue weighted by molar-refractivity contribution is 0.102. The predicted octanol–water partition coefficient (Wildman–Crippen LogP) is 2.83. The van der Waals surface area contributed by atoms with Crippen LogP contribution in [-0.4, -0.2) is 36.8 Å². The van der Waals surface area contributed by atoms with Crippen molar-refractivity contribution in [1.29, 1.82) is 0 Å². The highest BCUT2D eigenvalue weighted by molar-refractivity contribution is 6.05. The number of hydrogen-bond donors (Lipinski definition) is 2. The zero-order valence-corrected chi connectivity index (χ0v) is 17.4. The van der Waals surface area contributed by atoms with Gasteiger partial charge in [0.25, 0.3) is 11.5 Å². The van der Waals surface area contributed by atoms with Crippen molar-refractivity contribution >= 4 is 24.0 Å². The topological polar surface area (TPSA) is 81.6 Å². The quantitative estimate of drug-likeness (QED) is 0.799. The van der Waals surface area contributed by atoms with Gasteiger partial charge in [0, 0.05) is 24.0 Å². The highest BCUT2D eigenvalue weighted by Gasteiger charge is 2.22. The van der Waals surface area contributed by atoms with Gasteiger partial charge in [-0.2, -0.15) is 0 Å². The van der Waals surface area contributed by atoms with E-state index in [0.29, 0.717) is 36.0 Å². The standard InChI is InChI=1S/C21H25N3O4.ClH/c1-13-5-8-24(15-3-6-22-7-4-15)21(26)19(13)20(25)23-16-12-18-17(11-14(16)2)27-9-10-28-18;/h5,8,11-12,15,22H,3-4,6-7,9-10H2,1-2H3,(H,23,25);1H. The molecule has 2 aromatic rings. The summed E-state index contributed by atoms with van der Waals surface area (Å²) in [5.74, 6) is 0.875. The minimum Gasteiger partial charge on any atom is -0.486 e. The lowest BCUT2D eigenvalue weighted by Gasteiger charge is -2.25. The lowest BCUT2D eigenvalue weighted by Crippen LogP contribution is -2.37. The van der Waals surface area contributed by atoms with Crippen LogP contribution in [0.4, 0.5) is 5.69 Å². The van der Waals surface area contributed by atoms with Gasteiger partial charge in [0.1, 0.15) is 18.8 Å². The smallest absolute Gasteiger partial charge is 0.263 e. The van der Waals surface area contributed by atoms with E-state index in [1.54, 1.807) is 23.8 Å². The SMILES string of the molecule is Cc1cc2c(cc1NC(=O)c1c(C)ccn(C3CCNCC3)c1=O)OCCO2.Cl. The maximum absolute atomic E-state index is 13.1. The van der Waals surface area contributed by atoms with Gasteiger partial charge in [-0.1, -0.05) is 0 Å². The molecule has 2 aliphatic rings. The van der Waals surface area contributed by atoms with Crippen molar-refractivity contribution in [2.75, 3.05) is 31.6 Å². The number of ether oxygens (including phenoxy) is 2. The Bertz CT molecular complexity index is 967. The molecule has 2 aliphatic heterocycles. The summed E-state index contributed by atoms with van der Waals surface area (Å²) in [6, 6.07) is 5.56. The summed E-state index contributed by atoms with van der Waals surface area (Å²) in [7, 11) is 0. The van der Waals surface area contributed by atoms with Gasteiger partial charge in [-0.3, -0.25) is 9.59 Å². The number of benzene rings is 1. The van der Waals surface area contributed by atoms with Crippen LogP contribution >= 0.6 is 12.4 Å². The summed E-state index contributed by atoms with van der Waals surface area (Å²) < 4.78 is 12.9. The van der Waals surface area contributed by atoms with E-state index in [1.807, 2.05) is 19.1 Å². The molecule has 0 aliphatic carbocycles. The molecule has 0 spiro atoms. The molecule has 2 N–H and O–H groups in total. The van der Waals surface area contributed by atoms with Crippen LogP contribution in [0.5, 0.6) is 11.5 Å². The third-order valence-electron chi connectivity index (χ3n) is 5.39. The van der Waals surface area contributed by atoms with Crippen LogP contribution in [0.2, 0.25) is 0 Å². The molecular weight excluding hydrogens is 394 g/mol. The number of nitrogens with one attached hydrogen (secondary N) is 2. The molecule has 0 bridgehead atoms. The average molecular weight is 420 g/mol. The Hall–Kier alpha value is -2.51. The number of halogens is 1. The lowest BCUT2D eigenvalue weighted by atomic mass is 10.0. The van der Waals surface area contributed by atoms with Crippen molar-refractivity contribution in [2.45, 2.75) is 32.7 Å². The van der Waals surface area contributed by atoms with E-state index in [4.69, 9.17) is 9.47 Å². The van der Waals surface area contributed by atoms with Gasteiger partial charge in [-0.15, -0.1) is 12.4 Å². The minimum absolute atomic E-state index is 0. The summed E-state index contributed by atoms with van der Waals surface area (Å²) in [4.78, 5) is 26.1. The fraction of sp³-hybridized carbons (Fsp3) is 0.429. The van der Waals surface area contributed by atoms with E-state index in [9.17, 15) is 9.59 Å². The normalized spacial score (nSPS) is 16.1. The van der Waals surface area contributed by atoms with Gasteiger partial charge < -0.3 is 24.7 Å². The number of aryl methyl sites for hydroxylation is 2. The highest BCUT2D eigenvalue weighted by atomic mass is 35.5. The van der Waals surface area contributed by atoms with Gasteiger partial charge in [0.05, 0.1) is 0 Å². The first-order valence-corrected chi connectivity index (χ1v) is 9.68. The number of pyridine rings is 1. The molecule has 156 valence electrons. The Morgan fingerprint density at radius 2 is 1.76 bits per heavy atom. The Kier molecular flexibility index (Phi) is 6.49. The Morgan fingerprint density at radius 1 is 1.10 bits per heavy atom. The molecule has 4 rings (SSSR count). The Balaban J connectivity index is 0.00000240. The Morgan fingerprint density at radius 3 is 2.45 bits per heavy atom. The van der Waals surface area contributed by atoms with E-state index in [0.717, 1.165) is 31.5 Å². The maximum Gasteiger partial charge on any atom is 0.263 e. The number of carbonyl (C=O) groups excluding carboxylic acids is 1. The zero-order valence-electron chi connectivity index (χ0n) is 16.6. The largest absolute Gasteiger partial charge is 0.486 e. The van der Waals surface area contributed by atoms with Crippen LogP contribution in [0.1, 0.15) is 40.4 Å². The second kappa shape index (κ2) is 8.88. The first-order chi connectivity index (χ1) is 13.5. The number of nitrogens with zero attached hydrogens (tertiary/aromatic N) is 1. The number of hydrogen-bond acceptors (Lipinski definition) is 5. The van der Waals surface area contributed by atoms with Crippen molar-refractivity contribution in [3.8, 4) is 11.5 Å². The second-order valence-corrected chi connectivity index (χ2v) is 7.33. The van der Waals surface area contributed by atoms with Gasteiger partial charge >= 0.3 is 0 Å². The van der Waals surface area contributed by atoms with Crippen LogP contribution in [-0.2, 0) is 0 Å². The van der Waals surface area contributed by atoms with Gasteiger partial charge in [-0.25, -0.2) is 0 Å². The fourth-order valence-electron chi connectivity index (χ4n) is 3.80. The fourth-order valence-corrected chi connectivity index (χ4v) is 3.80. The molecule has 8 heteroatoms. The first kappa shape index (κ1) is 21.2. The molecule has 1 fully saturated rings. The molecule has 0 saturated carbocycles. The molecule has 29 heavy (non-hydrogen) atoms. The number of rotatable bonds is 3. The number of fused-ring (bicyclic) bond motifs is 1. The van der Waals surface area contributed by atoms with Gasteiger partial charge in [0.15, 0.2) is 11.5 Å². The maximum atomic E-state index is 13.1. The van der Waals surface area contributed by atoms with Crippen LogP contribution in [0.3, 0.4) is 0 Å². The van der Waals surface area contributed by atoms with Gasteiger partial charge in [-0.05, 0) is 63.0 Å². The zero-order chi connectivity index (χ0) is 19.7. The molecule has 7 nitrogen and oxygen atoms in total. The van der Waals surface area contributed by atoms with E-state index in [-0.39, 0.29) is 29.6 Å². The summed E-state index contributed by atoms with van der Waals surface area (Å²) in [6.07, 6.45) is 3.57. The first-order valence-electron chi connectivity index (χ1n) is 9.68. The molecule has 0 atom stereocenters. The molecule has 1 aromatic heterocycles. The second-order valence-electron chi connectivity index (χ2n) is 7.33. The monoisotopic (exact) mass is 419 g/mol. The third-order valence-corrected chi connectivity index (χ3v) is 5.39. The van der Waals surface area contributed by atoms with Crippen molar-refractivity contribution in [3.63, 3.8) is 0 Å². The van der Waals surface area contributed by atoms with Crippen LogP contribution in [0, 0.1) is 13.8 Å². The molecule has 1 aromatic carbocycles. The average Bonchev–Trinajstić information content (AvgIpc) is 2.69. The minimum atomic E-state index is -0.398. The summed E-state index contributed by atoms with van der Waals surface area (Å²) >= 11 is 0. The van der Waals surface area contributed by atoms with Crippen LogP contribution in [0.15, 0.2) is 29.2 Å². The van der Waals surface area contributed by atoms with Crippen LogP contribution in [0.25, 0.3) is 0 Å². The van der Waals surface area contributed by atoms with Crippen LogP contribution < -0.4 is 25.7 Å². The van der Waals surface area contributed by atoms with E-state index >= 15 is 0 Å². The van der Waals surface area contributed by atoms with E-state index in [2.05, 4.69) is 10.6 Å². The van der Waals surface area contributed by atoms with Crippen molar-refractivity contribution < 1.29 is 14.3 Å². The number of carbonyl (C=O) groups is 1. The molecule has 1 saturated heterocycles. The number of amides is 1. The summed E-state index contributed by atoms with van der Waals surface area (Å²) in [5, 5.41) is 6.19. The predicted molar refractivity (Wildman–Crippen MR) is 114 cm³/mol. The number of piperidine rings is 1. The molecule has 3 heterocycles. The van der Waals surface area contributed by atoms with Gasteiger partial charge in [0.2, 0.25) is 0 Å². The van der Waals surface area contributed by atoms with E-state index < -0.39 is 5.91 Å².